The molecule has 32 heavy (non-hydrogen) atoms. The molecule has 0 unspecified atom stereocenters. The second kappa shape index (κ2) is 10.4. The number of ether oxygens (including phenoxy) is 1. The molecular weight excluding hydrogens is 452 g/mol. The average Bonchev–Trinajstić information content (AvgIpc) is 2.78. The number of hydrogen-bond acceptors (Lipinski definition) is 5. The Morgan fingerprint density at radius 2 is 1.78 bits per heavy atom. The number of rotatable bonds is 7. The first-order valence-electron chi connectivity index (χ1n) is 10.5. The largest absolute Gasteiger partial charge is 0.452 e. The molecule has 7 nitrogen and oxygen atoms in total. The Kier molecular flexibility index (Phi) is 7.79. The lowest BCUT2D eigenvalue weighted by Crippen LogP contribution is -2.39. The van der Waals surface area contributed by atoms with E-state index < -0.39 is 22.6 Å². The van der Waals surface area contributed by atoms with Gasteiger partial charge in [0.05, 0.1) is 16.1 Å². The Labute approximate surface area is 193 Å². The summed E-state index contributed by atoms with van der Waals surface area (Å²) in [5.74, 6) is -0.454. The number of nitrogens with one attached hydrogen (secondary N) is 1. The summed E-state index contributed by atoms with van der Waals surface area (Å²) in [4.78, 5) is 24.5. The van der Waals surface area contributed by atoms with Crippen LogP contribution >= 0.6 is 11.6 Å². The van der Waals surface area contributed by atoms with Crippen molar-refractivity contribution < 1.29 is 22.7 Å². The van der Waals surface area contributed by atoms with Gasteiger partial charge >= 0.3 is 5.97 Å². The molecule has 1 aliphatic rings. The summed E-state index contributed by atoms with van der Waals surface area (Å²) in [6.45, 7) is 1.78. The summed E-state index contributed by atoms with van der Waals surface area (Å²) < 4.78 is 32.2. The molecule has 1 saturated carbocycles. The minimum atomic E-state index is -3.93. The second-order valence-corrected chi connectivity index (χ2v) is 10.5. The summed E-state index contributed by atoms with van der Waals surface area (Å²) in [5.41, 5.74) is 0.434. The van der Waals surface area contributed by atoms with Crippen molar-refractivity contribution in [3.8, 4) is 0 Å². The quantitative estimate of drug-likeness (QED) is 0.607. The van der Waals surface area contributed by atoms with Crippen LogP contribution in [0, 0.1) is 5.92 Å². The van der Waals surface area contributed by atoms with Crippen molar-refractivity contribution in [3.63, 3.8) is 0 Å². The third-order valence-electron chi connectivity index (χ3n) is 5.62. The number of carbonyl (C=O) groups is 2. The minimum absolute atomic E-state index is 0.0462. The van der Waals surface area contributed by atoms with Crippen LogP contribution in [0.5, 0.6) is 0 Å². The first kappa shape index (κ1) is 24.1. The maximum absolute atomic E-state index is 13.0. The highest BCUT2D eigenvalue weighted by Gasteiger charge is 2.24. The van der Waals surface area contributed by atoms with Crippen LogP contribution in [0.15, 0.2) is 53.4 Å². The lowest BCUT2D eigenvalue weighted by Gasteiger charge is -2.26. The monoisotopic (exact) mass is 478 g/mol. The van der Waals surface area contributed by atoms with Gasteiger partial charge in [0, 0.05) is 18.1 Å². The van der Waals surface area contributed by atoms with Crippen LogP contribution in [0.25, 0.3) is 0 Å². The van der Waals surface area contributed by atoms with E-state index in [0.717, 1.165) is 30.0 Å². The first-order valence-corrected chi connectivity index (χ1v) is 12.3. The summed E-state index contributed by atoms with van der Waals surface area (Å²) in [7, 11) is -2.53. The van der Waals surface area contributed by atoms with Crippen LogP contribution in [-0.4, -0.2) is 40.0 Å². The second-order valence-electron chi connectivity index (χ2n) is 8.08. The lowest BCUT2D eigenvalue weighted by molar-refractivity contribution is -0.125. The Morgan fingerprint density at radius 1 is 1.09 bits per heavy atom. The Bertz CT molecular complexity index is 1080. The standard InChI is InChI=1S/C23H27ClN2O5S/c1-16-9-11-19(12-10-16)25-22(27)15-31-23(28)17-5-3-8-21(13-17)32(29,30)26(2)20-7-4-6-18(24)14-20/h3-8,13-14,16,19H,9-12,15H2,1-2H3,(H,25,27). The predicted octanol–water partition coefficient (Wildman–Crippen LogP) is 4.02. The van der Waals surface area contributed by atoms with E-state index in [1.165, 1.54) is 37.4 Å². The molecule has 3 rings (SSSR count). The van der Waals surface area contributed by atoms with Crippen LogP contribution < -0.4 is 9.62 Å². The highest BCUT2D eigenvalue weighted by molar-refractivity contribution is 7.92. The number of carbonyl (C=O) groups excluding carboxylic acids is 2. The lowest BCUT2D eigenvalue weighted by atomic mass is 9.87. The van der Waals surface area contributed by atoms with Gasteiger partial charge in [0.25, 0.3) is 15.9 Å². The molecule has 0 saturated heterocycles. The van der Waals surface area contributed by atoms with E-state index in [4.69, 9.17) is 16.3 Å². The van der Waals surface area contributed by atoms with Gasteiger partial charge in [-0.25, -0.2) is 13.2 Å². The molecule has 1 aliphatic carbocycles. The topological polar surface area (TPSA) is 92.8 Å². The third kappa shape index (κ3) is 6.01. The van der Waals surface area contributed by atoms with Gasteiger partial charge in [-0.05, 0) is 68.0 Å². The van der Waals surface area contributed by atoms with Crippen molar-refractivity contribution in [1.82, 2.24) is 5.32 Å². The van der Waals surface area contributed by atoms with E-state index in [0.29, 0.717) is 16.6 Å². The van der Waals surface area contributed by atoms with Crippen LogP contribution in [0.4, 0.5) is 5.69 Å². The van der Waals surface area contributed by atoms with E-state index in [1.54, 1.807) is 18.2 Å². The van der Waals surface area contributed by atoms with Crippen molar-refractivity contribution >= 4 is 39.2 Å². The van der Waals surface area contributed by atoms with Gasteiger partial charge < -0.3 is 10.1 Å². The molecule has 2 aromatic rings. The molecule has 2 aromatic carbocycles. The zero-order valence-electron chi connectivity index (χ0n) is 18.1. The molecule has 1 amide bonds. The van der Waals surface area contributed by atoms with Crippen molar-refractivity contribution in [3.05, 3.63) is 59.1 Å². The van der Waals surface area contributed by atoms with Crippen molar-refractivity contribution in [2.24, 2.45) is 5.92 Å². The summed E-state index contributed by atoms with van der Waals surface area (Å²) in [6.07, 6.45) is 3.97. The van der Waals surface area contributed by atoms with Gasteiger partial charge in [-0.3, -0.25) is 9.10 Å². The molecule has 0 spiro atoms. The summed E-state index contributed by atoms with van der Waals surface area (Å²) in [6, 6.07) is 12.1. The molecule has 0 aliphatic heterocycles. The zero-order chi connectivity index (χ0) is 23.3. The van der Waals surface area contributed by atoms with E-state index in [-0.39, 0.29) is 22.4 Å². The number of benzene rings is 2. The number of sulfonamides is 1. The first-order chi connectivity index (χ1) is 15.2. The highest BCUT2D eigenvalue weighted by atomic mass is 35.5. The van der Waals surface area contributed by atoms with Gasteiger partial charge in [-0.15, -0.1) is 0 Å². The molecule has 1 fully saturated rings. The van der Waals surface area contributed by atoms with E-state index in [2.05, 4.69) is 12.2 Å². The Hall–Kier alpha value is -2.58. The van der Waals surface area contributed by atoms with Gasteiger partial charge in [0.1, 0.15) is 0 Å². The Balaban J connectivity index is 1.63. The molecule has 0 atom stereocenters. The zero-order valence-corrected chi connectivity index (χ0v) is 19.7. The third-order valence-corrected chi connectivity index (χ3v) is 7.63. The number of esters is 1. The smallest absolute Gasteiger partial charge is 0.338 e. The van der Waals surface area contributed by atoms with Crippen LogP contribution in [0.1, 0.15) is 43.0 Å². The fourth-order valence-electron chi connectivity index (χ4n) is 3.64. The van der Waals surface area contributed by atoms with Crippen LogP contribution in [0.2, 0.25) is 5.02 Å². The highest BCUT2D eigenvalue weighted by Crippen LogP contribution is 2.25. The van der Waals surface area contributed by atoms with E-state index >= 15 is 0 Å². The van der Waals surface area contributed by atoms with Gasteiger partial charge in [0.15, 0.2) is 6.61 Å². The van der Waals surface area contributed by atoms with Gasteiger partial charge in [-0.2, -0.15) is 0 Å². The maximum Gasteiger partial charge on any atom is 0.338 e. The van der Waals surface area contributed by atoms with E-state index in [9.17, 15) is 18.0 Å². The number of halogens is 1. The normalized spacial score (nSPS) is 18.6. The number of amides is 1. The molecule has 9 heteroatoms. The summed E-state index contributed by atoms with van der Waals surface area (Å²) in [5, 5.41) is 3.30. The molecular formula is C23H27ClN2O5S. The molecule has 172 valence electrons. The molecule has 1 N–H and O–H groups in total. The fourth-order valence-corrected chi connectivity index (χ4v) is 5.06. The molecule has 0 heterocycles. The Morgan fingerprint density at radius 3 is 2.47 bits per heavy atom. The van der Waals surface area contributed by atoms with Gasteiger partial charge in [-0.1, -0.05) is 30.7 Å². The van der Waals surface area contributed by atoms with Crippen molar-refractivity contribution in [2.75, 3.05) is 18.0 Å². The SMILES string of the molecule is CC1CCC(NC(=O)COC(=O)c2cccc(S(=O)(=O)N(C)c3cccc(Cl)c3)c2)CC1. The number of hydrogen-bond donors (Lipinski definition) is 1. The van der Waals surface area contributed by atoms with Crippen molar-refractivity contribution in [1.29, 1.82) is 0 Å². The average molecular weight is 479 g/mol. The fraction of sp³-hybridized carbons (Fsp3) is 0.391. The minimum Gasteiger partial charge on any atom is -0.452 e. The predicted molar refractivity (Wildman–Crippen MR) is 123 cm³/mol. The van der Waals surface area contributed by atoms with Gasteiger partial charge in [0.2, 0.25) is 0 Å². The molecule has 0 bridgehead atoms. The summed E-state index contributed by atoms with van der Waals surface area (Å²) >= 11 is 5.96. The molecule has 0 radical (unpaired) electrons. The number of anilines is 1. The van der Waals surface area contributed by atoms with Crippen LogP contribution in [0.3, 0.4) is 0 Å². The maximum atomic E-state index is 13.0. The number of nitrogens with zero attached hydrogens (tertiary/aromatic N) is 1. The van der Waals surface area contributed by atoms with E-state index in [1.807, 2.05) is 0 Å². The van der Waals surface area contributed by atoms with Crippen LogP contribution in [-0.2, 0) is 19.6 Å². The molecule has 0 aromatic heterocycles. The van der Waals surface area contributed by atoms with Crippen molar-refractivity contribution in [2.45, 2.75) is 43.5 Å².